The van der Waals surface area contributed by atoms with E-state index >= 15 is 0 Å². The molecule has 100 valence electrons. The first-order valence-electron chi connectivity index (χ1n) is 5.40. The van der Waals surface area contributed by atoms with Gasteiger partial charge in [-0.25, -0.2) is 0 Å². The number of rotatable bonds is 3. The molecule has 0 aliphatic heterocycles. The molecule has 4 nitrogen and oxygen atoms in total. The maximum Gasteiger partial charge on any atom is 0.222 e. The Morgan fingerprint density at radius 1 is 1.26 bits per heavy atom. The Balaban J connectivity index is 2.19. The number of hydrogen-bond donors (Lipinski definition) is 1. The van der Waals surface area contributed by atoms with Gasteiger partial charge >= 0.3 is 0 Å². The van der Waals surface area contributed by atoms with Gasteiger partial charge in [-0.3, -0.25) is 9.48 Å². The van der Waals surface area contributed by atoms with Gasteiger partial charge in [0, 0.05) is 13.1 Å². The van der Waals surface area contributed by atoms with E-state index in [4.69, 9.17) is 34.8 Å². The summed E-state index contributed by atoms with van der Waals surface area (Å²) in [6.45, 7) is 1.88. The van der Waals surface area contributed by atoms with Gasteiger partial charge in [0.1, 0.15) is 5.02 Å². The van der Waals surface area contributed by atoms with Gasteiger partial charge in [-0.05, 0) is 17.7 Å². The molecule has 0 radical (unpaired) electrons. The molecule has 0 aliphatic carbocycles. The highest BCUT2D eigenvalue weighted by atomic mass is 35.5. The molecular formula is C12H10Cl3N3O. The predicted octanol–water partition coefficient (Wildman–Crippen LogP) is 3.85. The van der Waals surface area contributed by atoms with Crippen LogP contribution in [-0.4, -0.2) is 15.7 Å². The van der Waals surface area contributed by atoms with Crippen molar-refractivity contribution in [3.63, 3.8) is 0 Å². The molecule has 2 rings (SSSR count). The zero-order chi connectivity index (χ0) is 14.0. The minimum atomic E-state index is -0.221. The van der Waals surface area contributed by atoms with Crippen LogP contribution in [0.15, 0.2) is 24.4 Å². The van der Waals surface area contributed by atoms with Crippen LogP contribution in [0.25, 0.3) is 0 Å². The van der Waals surface area contributed by atoms with Crippen molar-refractivity contribution in [2.75, 3.05) is 5.32 Å². The average Bonchev–Trinajstić information content (AvgIpc) is 2.64. The largest absolute Gasteiger partial charge is 0.308 e. The number of halogens is 3. The van der Waals surface area contributed by atoms with Crippen molar-refractivity contribution in [3.05, 3.63) is 45.0 Å². The molecule has 0 aliphatic rings. The molecule has 2 aromatic rings. The van der Waals surface area contributed by atoms with Crippen LogP contribution in [0.5, 0.6) is 0 Å². The van der Waals surface area contributed by atoms with E-state index in [2.05, 4.69) is 10.4 Å². The maximum absolute atomic E-state index is 11.0. The molecule has 1 aromatic carbocycles. The Bertz CT molecular complexity index is 625. The Labute approximate surface area is 125 Å². The van der Waals surface area contributed by atoms with Crippen molar-refractivity contribution in [1.29, 1.82) is 0 Å². The summed E-state index contributed by atoms with van der Waals surface area (Å²) in [4.78, 5) is 11.0. The first kappa shape index (κ1) is 14.2. The lowest BCUT2D eigenvalue weighted by Gasteiger charge is -2.03. The average molecular weight is 319 g/mol. The summed E-state index contributed by atoms with van der Waals surface area (Å²) in [6.07, 6.45) is 1.63. The van der Waals surface area contributed by atoms with Crippen LogP contribution < -0.4 is 5.32 Å². The van der Waals surface area contributed by atoms with E-state index in [1.54, 1.807) is 23.0 Å². The van der Waals surface area contributed by atoms with Crippen molar-refractivity contribution in [3.8, 4) is 0 Å². The highest BCUT2D eigenvalue weighted by molar-refractivity contribution is 6.42. The van der Waals surface area contributed by atoms with Crippen molar-refractivity contribution in [1.82, 2.24) is 9.78 Å². The number of anilines is 1. The molecule has 0 bridgehead atoms. The molecule has 7 heteroatoms. The number of nitrogens with one attached hydrogen (secondary N) is 1. The van der Waals surface area contributed by atoms with Gasteiger partial charge in [-0.1, -0.05) is 40.9 Å². The van der Waals surface area contributed by atoms with E-state index in [1.807, 2.05) is 6.07 Å². The van der Waals surface area contributed by atoms with Crippen molar-refractivity contribution >= 4 is 46.5 Å². The number of aromatic nitrogens is 2. The molecule has 19 heavy (non-hydrogen) atoms. The van der Waals surface area contributed by atoms with E-state index in [1.165, 1.54) is 6.92 Å². The molecule has 1 amide bonds. The molecule has 0 saturated carbocycles. The number of benzene rings is 1. The van der Waals surface area contributed by atoms with Gasteiger partial charge in [0.2, 0.25) is 5.91 Å². The van der Waals surface area contributed by atoms with Crippen molar-refractivity contribution in [2.45, 2.75) is 13.5 Å². The third kappa shape index (κ3) is 3.62. The molecule has 1 aromatic heterocycles. The van der Waals surface area contributed by atoms with Crippen LogP contribution in [0, 0.1) is 0 Å². The van der Waals surface area contributed by atoms with Crippen LogP contribution in [0.4, 0.5) is 5.82 Å². The highest BCUT2D eigenvalue weighted by Gasteiger charge is 2.09. The van der Waals surface area contributed by atoms with Gasteiger partial charge in [0.05, 0.1) is 16.6 Å². The zero-order valence-corrected chi connectivity index (χ0v) is 12.2. The summed E-state index contributed by atoms with van der Waals surface area (Å²) in [5, 5.41) is 8.10. The van der Waals surface area contributed by atoms with Crippen LogP contribution in [0.2, 0.25) is 15.1 Å². The molecular weight excluding hydrogens is 309 g/mol. The quantitative estimate of drug-likeness (QED) is 0.934. The normalized spacial score (nSPS) is 10.5. The van der Waals surface area contributed by atoms with Gasteiger partial charge in [-0.15, -0.1) is 0 Å². The fraction of sp³-hybridized carbons (Fsp3) is 0.167. The lowest BCUT2D eigenvalue weighted by molar-refractivity contribution is -0.114. The summed E-state index contributed by atoms with van der Waals surface area (Å²) in [7, 11) is 0. The molecule has 0 saturated heterocycles. The summed E-state index contributed by atoms with van der Waals surface area (Å²) < 4.78 is 1.62. The number of amides is 1. The van der Waals surface area contributed by atoms with Crippen LogP contribution in [-0.2, 0) is 11.3 Å². The first-order chi connectivity index (χ1) is 8.95. The number of carbonyl (C=O) groups excluding carboxylic acids is 1. The van der Waals surface area contributed by atoms with Crippen LogP contribution in [0.3, 0.4) is 0 Å². The number of carbonyl (C=O) groups is 1. The van der Waals surface area contributed by atoms with E-state index in [0.717, 1.165) is 5.56 Å². The third-order valence-corrected chi connectivity index (χ3v) is 3.36. The third-order valence-electron chi connectivity index (χ3n) is 2.34. The predicted molar refractivity (Wildman–Crippen MR) is 77.1 cm³/mol. The topological polar surface area (TPSA) is 46.9 Å². The van der Waals surface area contributed by atoms with Crippen LogP contribution in [0.1, 0.15) is 12.5 Å². The zero-order valence-electron chi connectivity index (χ0n) is 9.95. The Morgan fingerprint density at radius 2 is 2.00 bits per heavy atom. The number of hydrogen-bond acceptors (Lipinski definition) is 2. The second-order valence-corrected chi connectivity index (χ2v) is 5.17. The highest BCUT2D eigenvalue weighted by Crippen LogP contribution is 2.24. The first-order valence-corrected chi connectivity index (χ1v) is 6.53. The molecule has 0 spiro atoms. The smallest absolute Gasteiger partial charge is 0.222 e. The summed E-state index contributed by atoms with van der Waals surface area (Å²) in [5.74, 6) is 0.121. The standard InChI is InChI=1S/C12H10Cl3N3O/c1-7(19)16-12-11(15)6-18(17-12)5-8-2-3-9(13)10(14)4-8/h2-4,6H,5H2,1H3,(H,16,17,19). The summed E-state index contributed by atoms with van der Waals surface area (Å²) >= 11 is 17.8. The number of nitrogens with zero attached hydrogens (tertiary/aromatic N) is 2. The minimum Gasteiger partial charge on any atom is -0.308 e. The Morgan fingerprint density at radius 3 is 2.63 bits per heavy atom. The lowest BCUT2D eigenvalue weighted by atomic mass is 10.2. The summed E-state index contributed by atoms with van der Waals surface area (Å²) in [5.41, 5.74) is 0.933. The van der Waals surface area contributed by atoms with Gasteiger partial charge in [0.15, 0.2) is 5.82 Å². The van der Waals surface area contributed by atoms with E-state index in [0.29, 0.717) is 27.4 Å². The second kappa shape index (κ2) is 5.82. The van der Waals surface area contributed by atoms with Crippen molar-refractivity contribution in [2.24, 2.45) is 0 Å². The Hall–Kier alpha value is -1.23. The van der Waals surface area contributed by atoms with E-state index < -0.39 is 0 Å². The molecule has 1 N–H and O–H groups in total. The monoisotopic (exact) mass is 317 g/mol. The fourth-order valence-electron chi connectivity index (χ4n) is 1.55. The molecule has 0 fully saturated rings. The van der Waals surface area contributed by atoms with Crippen LogP contribution >= 0.6 is 34.8 Å². The lowest BCUT2D eigenvalue weighted by Crippen LogP contribution is -2.08. The van der Waals surface area contributed by atoms with E-state index in [-0.39, 0.29) is 5.91 Å². The van der Waals surface area contributed by atoms with Gasteiger partial charge in [0.25, 0.3) is 0 Å². The molecule has 0 atom stereocenters. The fourth-order valence-corrected chi connectivity index (χ4v) is 2.07. The van der Waals surface area contributed by atoms with Gasteiger partial charge < -0.3 is 5.32 Å². The van der Waals surface area contributed by atoms with Gasteiger partial charge in [-0.2, -0.15) is 5.10 Å². The second-order valence-electron chi connectivity index (χ2n) is 3.95. The SMILES string of the molecule is CC(=O)Nc1nn(Cc2ccc(Cl)c(Cl)c2)cc1Cl. The maximum atomic E-state index is 11.0. The van der Waals surface area contributed by atoms with E-state index in [9.17, 15) is 4.79 Å². The molecule has 0 unspecified atom stereocenters. The van der Waals surface area contributed by atoms with Crippen molar-refractivity contribution < 1.29 is 4.79 Å². The Kier molecular flexibility index (Phi) is 4.34. The minimum absolute atomic E-state index is 0.221. The molecule has 1 heterocycles. The summed E-state index contributed by atoms with van der Waals surface area (Å²) in [6, 6.07) is 5.33.